The van der Waals surface area contributed by atoms with E-state index in [2.05, 4.69) is 17.3 Å². The third-order valence-electron chi connectivity index (χ3n) is 4.42. The summed E-state index contributed by atoms with van der Waals surface area (Å²) in [5.41, 5.74) is 0. The molecule has 16 heavy (non-hydrogen) atoms. The van der Waals surface area contributed by atoms with E-state index in [1.165, 1.54) is 71.0 Å². The molecule has 1 saturated carbocycles. The highest BCUT2D eigenvalue weighted by atomic mass is 15.1. The molecular weight excluding hydrogens is 196 g/mol. The van der Waals surface area contributed by atoms with E-state index in [9.17, 15) is 0 Å². The Labute approximate surface area is 101 Å². The second-order valence-corrected chi connectivity index (χ2v) is 5.82. The number of hydrogen-bond acceptors (Lipinski definition) is 2. The molecule has 2 fully saturated rings. The van der Waals surface area contributed by atoms with Gasteiger partial charge in [0.15, 0.2) is 0 Å². The van der Waals surface area contributed by atoms with Gasteiger partial charge in [0.2, 0.25) is 0 Å². The third kappa shape index (κ3) is 4.06. The minimum absolute atomic E-state index is 0.805. The van der Waals surface area contributed by atoms with Crippen LogP contribution in [0.2, 0.25) is 0 Å². The Kier molecular flexibility index (Phi) is 5.11. The van der Waals surface area contributed by atoms with Gasteiger partial charge in [-0.1, -0.05) is 25.7 Å². The first-order valence-electron chi connectivity index (χ1n) is 7.26. The minimum atomic E-state index is 0.805. The van der Waals surface area contributed by atoms with Crippen LogP contribution in [0.3, 0.4) is 0 Å². The van der Waals surface area contributed by atoms with Crippen molar-refractivity contribution in [1.29, 1.82) is 0 Å². The molecule has 94 valence electrons. The Morgan fingerprint density at radius 2 is 1.75 bits per heavy atom. The van der Waals surface area contributed by atoms with Gasteiger partial charge in [-0.2, -0.15) is 0 Å². The van der Waals surface area contributed by atoms with Crippen molar-refractivity contribution >= 4 is 0 Å². The molecule has 0 atom stereocenters. The van der Waals surface area contributed by atoms with Gasteiger partial charge in [0, 0.05) is 6.04 Å². The topological polar surface area (TPSA) is 15.3 Å². The van der Waals surface area contributed by atoms with Crippen LogP contribution in [0.15, 0.2) is 0 Å². The van der Waals surface area contributed by atoms with Gasteiger partial charge in [-0.15, -0.1) is 0 Å². The van der Waals surface area contributed by atoms with Crippen LogP contribution in [-0.4, -0.2) is 37.6 Å². The zero-order valence-corrected chi connectivity index (χ0v) is 10.9. The summed E-state index contributed by atoms with van der Waals surface area (Å²) >= 11 is 0. The molecule has 1 aliphatic carbocycles. The van der Waals surface area contributed by atoms with E-state index in [0.717, 1.165) is 12.0 Å². The summed E-state index contributed by atoms with van der Waals surface area (Å²) in [6, 6.07) is 0.805. The first-order valence-corrected chi connectivity index (χ1v) is 7.26. The summed E-state index contributed by atoms with van der Waals surface area (Å²) in [4.78, 5) is 2.44. The van der Waals surface area contributed by atoms with Gasteiger partial charge in [-0.05, 0) is 58.3 Å². The van der Waals surface area contributed by atoms with E-state index < -0.39 is 0 Å². The van der Waals surface area contributed by atoms with Crippen LogP contribution in [0, 0.1) is 5.92 Å². The fourth-order valence-electron chi connectivity index (χ4n) is 3.21. The fraction of sp³-hybridized carbons (Fsp3) is 1.00. The maximum absolute atomic E-state index is 3.74. The SMILES string of the molecule is CN1CCC(NCCCC2CCCC2)CC1. The first kappa shape index (κ1) is 12.4. The molecule has 0 bridgehead atoms. The van der Waals surface area contributed by atoms with E-state index in [1.54, 1.807) is 0 Å². The lowest BCUT2D eigenvalue weighted by Gasteiger charge is -2.29. The lowest BCUT2D eigenvalue weighted by molar-refractivity contribution is 0.234. The lowest BCUT2D eigenvalue weighted by atomic mass is 10.0. The maximum atomic E-state index is 3.74. The quantitative estimate of drug-likeness (QED) is 0.722. The Balaban J connectivity index is 1.48. The van der Waals surface area contributed by atoms with Gasteiger partial charge >= 0.3 is 0 Å². The molecule has 2 nitrogen and oxygen atoms in total. The minimum Gasteiger partial charge on any atom is -0.314 e. The van der Waals surface area contributed by atoms with Crippen LogP contribution in [0.1, 0.15) is 51.4 Å². The summed E-state index contributed by atoms with van der Waals surface area (Å²) < 4.78 is 0. The molecule has 0 aromatic heterocycles. The average Bonchev–Trinajstić information content (AvgIpc) is 2.80. The van der Waals surface area contributed by atoms with E-state index in [-0.39, 0.29) is 0 Å². The number of nitrogens with one attached hydrogen (secondary N) is 1. The van der Waals surface area contributed by atoms with Crippen LogP contribution in [0.5, 0.6) is 0 Å². The smallest absolute Gasteiger partial charge is 0.00914 e. The van der Waals surface area contributed by atoms with Crippen molar-refractivity contribution in [3.05, 3.63) is 0 Å². The molecular formula is C14H28N2. The summed E-state index contributed by atoms with van der Waals surface area (Å²) in [7, 11) is 2.23. The predicted octanol–water partition coefficient (Wildman–Crippen LogP) is 2.64. The van der Waals surface area contributed by atoms with Crippen molar-refractivity contribution in [3.63, 3.8) is 0 Å². The predicted molar refractivity (Wildman–Crippen MR) is 69.7 cm³/mol. The number of rotatable bonds is 5. The van der Waals surface area contributed by atoms with Gasteiger partial charge in [0.25, 0.3) is 0 Å². The molecule has 0 radical (unpaired) electrons. The summed E-state index contributed by atoms with van der Waals surface area (Å²) in [5, 5.41) is 3.74. The van der Waals surface area contributed by atoms with Gasteiger partial charge in [0.05, 0.1) is 0 Å². The second-order valence-electron chi connectivity index (χ2n) is 5.82. The number of likely N-dealkylation sites (tertiary alicyclic amines) is 1. The Hall–Kier alpha value is -0.0800. The third-order valence-corrected chi connectivity index (χ3v) is 4.42. The van der Waals surface area contributed by atoms with E-state index >= 15 is 0 Å². The van der Waals surface area contributed by atoms with Crippen LogP contribution >= 0.6 is 0 Å². The lowest BCUT2D eigenvalue weighted by Crippen LogP contribution is -2.41. The highest BCUT2D eigenvalue weighted by Gasteiger charge is 2.17. The van der Waals surface area contributed by atoms with Crippen LogP contribution < -0.4 is 5.32 Å². The molecule has 0 aromatic carbocycles. The van der Waals surface area contributed by atoms with E-state index in [4.69, 9.17) is 0 Å². The van der Waals surface area contributed by atoms with Crippen molar-refractivity contribution in [2.24, 2.45) is 5.92 Å². The summed E-state index contributed by atoms with van der Waals surface area (Å²) in [6.07, 6.45) is 11.6. The summed E-state index contributed by atoms with van der Waals surface area (Å²) in [5.74, 6) is 1.07. The highest BCUT2D eigenvalue weighted by molar-refractivity contribution is 4.75. The second kappa shape index (κ2) is 6.61. The fourth-order valence-corrected chi connectivity index (χ4v) is 3.21. The number of nitrogens with zero attached hydrogens (tertiary/aromatic N) is 1. The Bertz CT molecular complexity index is 179. The molecule has 0 amide bonds. The largest absolute Gasteiger partial charge is 0.314 e. The zero-order valence-electron chi connectivity index (χ0n) is 10.9. The average molecular weight is 224 g/mol. The van der Waals surface area contributed by atoms with Gasteiger partial charge in [-0.25, -0.2) is 0 Å². The Morgan fingerprint density at radius 1 is 1.06 bits per heavy atom. The zero-order chi connectivity index (χ0) is 11.2. The molecule has 1 heterocycles. The van der Waals surface area contributed by atoms with Gasteiger partial charge in [0.1, 0.15) is 0 Å². The Morgan fingerprint density at radius 3 is 2.44 bits per heavy atom. The van der Waals surface area contributed by atoms with E-state index in [0.29, 0.717) is 0 Å². The number of hydrogen-bond donors (Lipinski definition) is 1. The molecule has 1 N–H and O–H groups in total. The van der Waals surface area contributed by atoms with Crippen LogP contribution in [-0.2, 0) is 0 Å². The number of piperidine rings is 1. The van der Waals surface area contributed by atoms with Crippen molar-refractivity contribution in [2.75, 3.05) is 26.7 Å². The highest BCUT2D eigenvalue weighted by Crippen LogP contribution is 2.28. The molecule has 0 aromatic rings. The molecule has 1 saturated heterocycles. The molecule has 2 rings (SSSR count). The maximum Gasteiger partial charge on any atom is 0.00914 e. The van der Waals surface area contributed by atoms with Crippen molar-refractivity contribution < 1.29 is 0 Å². The standard InChI is InChI=1S/C14H28N2/c1-16-11-8-14(9-12-16)15-10-4-7-13-5-2-3-6-13/h13-15H,2-12H2,1H3. The molecule has 0 unspecified atom stereocenters. The molecule has 1 aliphatic heterocycles. The van der Waals surface area contributed by atoms with Crippen LogP contribution in [0.4, 0.5) is 0 Å². The first-order chi connectivity index (χ1) is 7.84. The van der Waals surface area contributed by atoms with Crippen molar-refractivity contribution in [2.45, 2.75) is 57.4 Å². The molecule has 0 spiro atoms. The van der Waals surface area contributed by atoms with Crippen molar-refractivity contribution in [1.82, 2.24) is 10.2 Å². The van der Waals surface area contributed by atoms with Gasteiger partial charge < -0.3 is 10.2 Å². The summed E-state index contributed by atoms with van der Waals surface area (Å²) in [6.45, 7) is 3.81. The monoisotopic (exact) mass is 224 g/mol. The van der Waals surface area contributed by atoms with Gasteiger partial charge in [-0.3, -0.25) is 0 Å². The molecule has 2 aliphatic rings. The van der Waals surface area contributed by atoms with Crippen molar-refractivity contribution in [3.8, 4) is 0 Å². The van der Waals surface area contributed by atoms with Crippen LogP contribution in [0.25, 0.3) is 0 Å². The molecule has 2 heteroatoms. The normalized spacial score (nSPS) is 25.3. The van der Waals surface area contributed by atoms with E-state index in [1.807, 2.05) is 0 Å².